The number of carbonyl (C=O) groups excluding carboxylic acids is 2. The van der Waals surface area contributed by atoms with E-state index in [0.29, 0.717) is 0 Å². The number of rotatable bonds is 0. The average Bonchev–Trinajstić information content (AvgIpc) is 1.96. The van der Waals surface area contributed by atoms with Gasteiger partial charge >= 0.3 is 50.9 Å². The second kappa shape index (κ2) is 16.2. The predicted octanol–water partition coefficient (Wildman–Crippen LogP) is -6.13. The molecule has 0 fully saturated rings. The van der Waals surface area contributed by atoms with Crippen LogP contribution >= 0.6 is 0 Å². The van der Waals surface area contributed by atoms with Crippen molar-refractivity contribution in [3.8, 4) is 0 Å². The molecule has 58 valence electrons. The van der Waals surface area contributed by atoms with Crippen LogP contribution in [0.2, 0.25) is 0 Å². The Morgan fingerprint density at radius 1 is 0.900 bits per heavy atom. The first kappa shape index (κ1) is 16.7. The Hall–Kier alpha value is 0.341. The zero-order chi connectivity index (χ0) is 9.15. The summed E-state index contributed by atoms with van der Waals surface area (Å²) < 4.78 is 6.60. The molecule has 0 rings (SSSR count). The average molecular weight is 308 g/mol. The Bertz CT molecular complexity index is 85.3. The molecular weight excluding hydrogens is 302 g/mol. The Morgan fingerprint density at radius 3 is 1.00 bits per heavy atom. The minimum atomic E-state index is -2.19. The molecule has 0 unspecified atom stereocenters. The van der Waals surface area contributed by atoms with Crippen molar-refractivity contribution in [2.24, 2.45) is 0 Å². The van der Waals surface area contributed by atoms with E-state index < -0.39 is 11.9 Å². The first-order chi connectivity index (χ1) is 4.64. The van der Waals surface area contributed by atoms with E-state index in [4.69, 9.17) is 19.8 Å². The van der Waals surface area contributed by atoms with Gasteiger partial charge in [0.2, 0.25) is 0 Å². The second-order valence-corrected chi connectivity index (χ2v) is 0.575. The standard InChI is InChI=1S/C2H2O4.2H3N.2Nb/c3-1(4)2(5)6;;;;/h(H,3,4)(H,5,6);2*1H3;;/q;;;2*+1/p-2. The van der Waals surface area contributed by atoms with Crippen molar-refractivity contribution in [3.63, 3.8) is 0 Å². The van der Waals surface area contributed by atoms with Gasteiger partial charge in [0.1, 0.15) is 0 Å². The van der Waals surface area contributed by atoms with E-state index in [1.165, 1.54) is 42.7 Å². The monoisotopic (exact) mass is 308 g/mol. The van der Waals surface area contributed by atoms with Gasteiger partial charge in [0.15, 0.2) is 0 Å². The molecule has 6 nitrogen and oxygen atoms in total. The van der Waals surface area contributed by atoms with Crippen molar-refractivity contribution in [3.05, 3.63) is 0 Å². The van der Waals surface area contributed by atoms with Crippen LogP contribution in [0.25, 0.3) is 0 Å². The molecule has 0 bridgehead atoms. The molecule has 0 amide bonds. The summed E-state index contributed by atoms with van der Waals surface area (Å²) in [5.74, 6) is -4.37. The number of aliphatic carboxylic acids is 2. The van der Waals surface area contributed by atoms with Crippen molar-refractivity contribution in [2.75, 3.05) is 0 Å². The maximum absolute atomic E-state index is 8.93. The Kier molecular flexibility index (Phi) is 27.1. The molecule has 0 aliphatic rings. The summed E-state index contributed by atoms with van der Waals surface area (Å²) in [6, 6.07) is 0. The fourth-order valence-electron chi connectivity index (χ4n) is 0. The molecule has 0 atom stereocenters. The number of carbonyl (C=O) groups is 2. The van der Waals surface area contributed by atoms with Gasteiger partial charge < -0.3 is 19.8 Å². The molecule has 10 heavy (non-hydrogen) atoms. The summed E-state index contributed by atoms with van der Waals surface area (Å²) >= 11 is 3.00. The number of hydrogen-bond acceptors (Lipinski definition) is 4. The van der Waals surface area contributed by atoms with Crippen LogP contribution in [0.1, 0.15) is 0 Å². The van der Waals surface area contributed by atoms with Gasteiger partial charge in [-0.05, 0) is 0 Å². The molecule has 0 saturated heterocycles. The molecule has 0 spiro atoms. The molecule has 8 heteroatoms. The fourth-order valence-corrected chi connectivity index (χ4v) is 0. The van der Waals surface area contributed by atoms with Gasteiger partial charge in [0.25, 0.3) is 0 Å². The van der Waals surface area contributed by atoms with Gasteiger partial charge in [-0.1, -0.05) is 0 Å². The molecule has 0 radical (unpaired) electrons. The number of hydrogen-bond donors (Lipinski definition) is 2. The van der Waals surface area contributed by atoms with Gasteiger partial charge in [0, 0.05) is 0 Å². The summed E-state index contributed by atoms with van der Waals surface area (Å²) in [5.41, 5.74) is 0. The van der Waals surface area contributed by atoms with E-state index in [1.807, 2.05) is 0 Å². The molecule has 0 heterocycles. The summed E-state index contributed by atoms with van der Waals surface area (Å²) in [6.07, 6.45) is 0. The van der Waals surface area contributed by atoms with E-state index in [0.717, 1.165) is 0 Å². The van der Waals surface area contributed by atoms with Crippen LogP contribution in [-0.2, 0) is 52.2 Å². The van der Waals surface area contributed by atoms with Crippen molar-refractivity contribution >= 4 is 11.9 Å². The molecule has 0 aromatic heterocycles. The van der Waals surface area contributed by atoms with Crippen LogP contribution in [0.5, 0.6) is 0 Å². The van der Waals surface area contributed by atoms with E-state index >= 15 is 0 Å². The van der Waals surface area contributed by atoms with Crippen molar-refractivity contribution in [2.45, 2.75) is 0 Å². The third-order valence-electron chi connectivity index (χ3n) is 0.167. The SMILES string of the molecule is O=C([O-])C(=O)[O-].[NH3+][Nb].[NH3+][Nb]. The topological polar surface area (TPSA) is 136 Å². The number of carboxylic acids is 2. The molecule has 0 aromatic carbocycles. The molecule has 0 saturated carbocycles. The minimum absolute atomic E-state index is 1.50. The molecule has 0 aliphatic carbocycles. The summed E-state index contributed by atoms with van der Waals surface area (Å²) in [4.78, 5) is 17.9. The van der Waals surface area contributed by atoms with Crippen LogP contribution in [-0.4, -0.2) is 11.9 Å². The van der Waals surface area contributed by atoms with E-state index in [-0.39, 0.29) is 0 Å². The van der Waals surface area contributed by atoms with E-state index in [2.05, 4.69) is 8.27 Å². The Balaban J connectivity index is -0.000000105. The molecule has 0 aliphatic heterocycles. The van der Waals surface area contributed by atoms with Gasteiger partial charge in [-0.15, -0.1) is 0 Å². The van der Waals surface area contributed by atoms with Crippen LogP contribution < -0.4 is 18.5 Å². The summed E-state index contributed by atoms with van der Waals surface area (Å²) in [5, 5.41) is 17.9. The third kappa shape index (κ3) is 23.9. The summed E-state index contributed by atoms with van der Waals surface area (Å²) in [7, 11) is 0. The zero-order valence-electron chi connectivity index (χ0n) is 4.94. The molecule has 0 aromatic rings. The van der Waals surface area contributed by atoms with Crippen LogP contribution in [0.15, 0.2) is 0 Å². The van der Waals surface area contributed by atoms with Gasteiger partial charge in [-0.25, -0.2) is 0 Å². The van der Waals surface area contributed by atoms with Crippen LogP contribution in [0.4, 0.5) is 0 Å². The Morgan fingerprint density at radius 2 is 1.00 bits per heavy atom. The van der Waals surface area contributed by atoms with Crippen LogP contribution in [0, 0.1) is 0 Å². The van der Waals surface area contributed by atoms with Gasteiger partial charge in [-0.2, -0.15) is 0 Å². The Labute approximate surface area is 82.4 Å². The van der Waals surface area contributed by atoms with Crippen molar-refractivity contribution in [1.29, 1.82) is 0 Å². The van der Waals surface area contributed by atoms with E-state index in [9.17, 15) is 0 Å². The van der Waals surface area contributed by atoms with Gasteiger partial charge in [-0.3, -0.25) is 0 Å². The number of quaternary nitrogens is 2. The molecular formula is C2H6N2Nb2O4. The predicted molar refractivity (Wildman–Crippen MR) is 15.8 cm³/mol. The van der Waals surface area contributed by atoms with Gasteiger partial charge in [0.05, 0.1) is 11.9 Å². The molecule has 6 N–H and O–H groups in total. The van der Waals surface area contributed by atoms with Crippen molar-refractivity contribution < 1.29 is 70.7 Å². The maximum atomic E-state index is 8.93. The van der Waals surface area contributed by atoms with Crippen molar-refractivity contribution in [1.82, 2.24) is 0 Å². The fraction of sp³-hybridized carbons (Fsp3) is 0. The normalized spacial score (nSPS) is 5.40. The second-order valence-electron chi connectivity index (χ2n) is 0.575. The third-order valence-corrected chi connectivity index (χ3v) is 0.167. The number of carboxylic acid groups (broad SMARTS) is 2. The van der Waals surface area contributed by atoms with E-state index in [1.54, 1.807) is 0 Å². The summed E-state index contributed by atoms with van der Waals surface area (Å²) in [6.45, 7) is 0. The first-order valence-electron chi connectivity index (χ1n) is 1.70. The quantitative estimate of drug-likeness (QED) is 0.340. The zero-order valence-corrected chi connectivity index (χ0v) is 9.34. The first-order valence-corrected chi connectivity index (χ1v) is 4.81. The van der Waals surface area contributed by atoms with Crippen LogP contribution in [0.3, 0.4) is 0 Å².